The Kier molecular flexibility index (Phi) is 7.00. The number of hydrogen-bond acceptors (Lipinski definition) is 5. The minimum absolute atomic E-state index is 0. The van der Waals surface area contributed by atoms with Crippen LogP contribution in [0.5, 0.6) is 0 Å². The van der Waals surface area contributed by atoms with Gasteiger partial charge in [-0.15, -0.1) is 24.0 Å². The Morgan fingerprint density at radius 2 is 2.33 bits per heavy atom. The first-order valence-corrected chi connectivity index (χ1v) is 8.15. The average molecular weight is 445 g/mol. The molecule has 132 valence electrons. The van der Waals surface area contributed by atoms with E-state index in [9.17, 15) is 0 Å². The van der Waals surface area contributed by atoms with E-state index in [4.69, 9.17) is 4.52 Å². The first kappa shape index (κ1) is 18.7. The van der Waals surface area contributed by atoms with Crippen LogP contribution in [0.4, 0.5) is 0 Å². The molecule has 0 bridgehead atoms. The fourth-order valence-electron chi connectivity index (χ4n) is 2.62. The summed E-state index contributed by atoms with van der Waals surface area (Å²) in [4.78, 5) is 9.10. The maximum atomic E-state index is 4.83. The van der Waals surface area contributed by atoms with Crippen LogP contribution in [-0.4, -0.2) is 38.5 Å². The number of aryl methyl sites for hydroxylation is 2. The van der Waals surface area contributed by atoms with Crippen molar-refractivity contribution in [3.63, 3.8) is 0 Å². The maximum absolute atomic E-state index is 4.83. The summed E-state index contributed by atoms with van der Waals surface area (Å²) < 4.78 is 6.85. The molecule has 2 aromatic rings. The molecule has 3 heterocycles. The number of aromatic nitrogens is 4. The topological polar surface area (TPSA) is 93.2 Å². The molecule has 24 heavy (non-hydrogen) atoms. The summed E-state index contributed by atoms with van der Waals surface area (Å²) in [6, 6.07) is 2.12. The zero-order chi connectivity index (χ0) is 16.1. The lowest BCUT2D eigenvalue weighted by atomic mass is 10.1. The van der Waals surface area contributed by atoms with Gasteiger partial charge in [0.1, 0.15) is 17.8 Å². The normalized spacial score (nSPS) is 17.1. The fraction of sp³-hybridized carbons (Fsp3) is 0.600. The zero-order valence-electron chi connectivity index (χ0n) is 14.0. The van der Waals surface area contributed by atoms with Crippen LogP contribution in [0.3, 0.4) is 0 Å². The summed E-state index contributed by atoms with van der Waals surface area (Å²) >= 11 is 0. The molecule has 0 amide bonds. The summed E-state index contributed by atoms with van der Waals surface area (Å²) in [6.45, 7) is 6.25. The zero-order valence-corrected chi connectivity index (χ0v) is 16.4. The molecule has 2 aromatic heterocycles. The van der Waals surface area contributed by atoms with Gasteiger partial charge in [-0.05, 0) is 13.3 Å². The molecule has 0 spiro atoms. The van der Waals surface area contributed by atoms with Crippen molar-refractivity contribution in [1.82, 2.24) is 30.6 Å². The van der Waals surface area contributed by atoms with Gasteiger partial charge in [-0.3, -0.25) is 0 Å². The van der Waals surface area contributed by atoms with Gasteiger partial charge in [-0.25, -0.2) is 14.7 Å². The molecule has 0 saturated heterocycles. The lowest BCUT2D eigenvalue weighted by molar-refractivity contribution is 0.391. The van der Waals surface area contributed by atoms with E-state index in [2.05, 4.69) is 44.7 Å². The molecule has 1 atom stereocenters. The second-order valence-electron chi connectivity index (χ2n) is 5.55. The Morgan fingerprint density at radius 1 is 1.46 bits per heavy atom. The highest BCUT2D eigenvalue weighted by Crippen LogP contribution is 2.13. The van der Waals surface area contributed by atoms with Crippen LogP contribution in [-0.2, 0) is 25.9 Å². The van der Waals surface area contributed by atoms with Crippen LogP contribution in [0.1, 0.15) is 37.6 Å². The number of nitrogens with zero attached hydrogens (tertiary/aromatic N) is 5. The molecular weight excluding hydrogens is 421 g/mol. The smallest absolute Gasteiger partial charge is 0.191 e. The first-order valence-electron chi connectivity index (χ1n) is 8.15. The van der Waals surface area contributed by atoms with Gasteiger partial charge in [0.25, 0.3) is 0 Å². The lowest BCUT2D eigenvalue weighted by Crippen LogP contribution is -2.47. The van der Waals surface area contributed by atoms with Crippen molar-refractivity contribution in [2.24, 2.45) is 4.99 Å². The van der Waals surface area contributed by atoms with E-state index in [0.29, 0.717) is 12.6 Å². The van der Waals surface area contributed by atoms with Gasteiger partial charge in [0, 0.05) is 31.5 Å². The summed E-state index contributed by atoms with van der Waals surface area (Å²) in [6.07, 6.45) is 4.40. The molecule has 0 radical (unpaired) electrons. The highest BCUT2D eigenvalue weighted by atomic mass is 127. The van der Waals surface area contributed by atoms with Crippen LogP contribution in [0, 0.1) is 0 Å². The Labute approximate surface area is 158 Å². The Morgan fingerprint density at radius 3 is 3.04 bits per heavy atom. The Balaban J connectivity index is 0.00000208. The van der Waals surface area contributed by atoms with Gasteiger partial charge in [0.05, 0.1) is 13.1 Å². The van der Waals surface area contributed by atoms with Crippen LogP contribution in [0.2, 0.25) is 0 Å². The Bertz CT molecular complexity index is 653. The van der Waals surface area contributed by atoms with Crippen molar-refractivity contribution in [3.8, 4) is 0 Å². The molecule has 1 aliphatic rings. The molecule has 0 saturated carbocycles. The number of guanidine groups is 1. The number of nitrogens with one attached hydrogen (secondary N) is 2. The van der Waals surface area contributed by atoms with Crippen LogP contribution < -0.4 is 10.6 Å². The number of hydrogen-bond donors (Lipinski definition) is 2. The number of rotatable bonds is 5. The van der Waals surface area contributed by atoms with E-state index >= 15 is 0 Å². The van der Waals surface area contributed by atoms with E-state index in [1.807, 2.05) is 10.7 Å². The van der Waals surface area contributed by atoms with Crippen molar-refractivity contribution < 1.29 is 4.52 Å². The third kappa shape index (κ3) is 4.68. The van der Waals surface area contributed by atoms with E-state index in [-0.39, 0.29) is 24.0 Å². The fourth-order valence-corrected chi connectivity index (χ4v) is 2.62. The quantitative estimate of drug-likeness (QED) is 0.412. The van der Waals surface area contributed by atoms with Crippen molar-refractivity contribution in [1.29, 1.82) is 0 Å². The van der Waals surface area contributed by atoms with Crippen LogP contribution in [0.15, 0.2) is 21.8 Å². The summed E-state index contributed by atoms with van der Waals surface area (Å²) in [5, 5.41) is 15.2. The molecule has 1 unspecified atom stereocenters. The maximum Gasteiger partial charge on any atom is 0.191 e. The van der Waals surface area contributed by atoms with E-state index in [1.165, 1.54) is 0 Å². The standard InChI is InChI=1S/C15H23N7O.HI/c1-3-13-19-14-6-5-12(10-22(14)20-13)18-15(16-4-2)17-9-11-7-8-23-21-11;/h7-8,12H,3-6,9-10H2,1-2H3,(H2,16,17,18);1H. The SMILES string of the molecule is CCNC(=NCc1ccon1)NC1CCc2nc(CC)nn2C1.I. The predicted octanol–water partition coefficient (Wildman–Crippen LogP) is 1.52. The van der Waals surface area contributed by atoms with Gasteiger partial charge in [-0.1, -0.05) is 12.1 Å². The van der Waals surface area contributed by atoms with Gasteiger partial charge < -0.3 is 15.2 Å². The molecule has 0 fully saturated rings. The van der Waals surface area contributed by atoms with Crippen molar-refractivity contribution in [3.05, 3.63) is 29.7 Å². The number of aliphatic imine (C=N–C) groups is 1. The molecular formula is C15H24IN7O. The van der Waals surface area contributed by atoms with Crippen molar-refractivity contribution in [2.75, 3.05) is 6.54 Å². The molecule has 8 nitrogen and oxygen atoms in total. The largest absolute Gasteiger partial charge is 0.364 e. The summed E-state index contributed by atoms with van der Waals surface area (Å²) in [7, 11) is 0. The van der Waals surface area contributed by atoms with Crippen molar-refractivity contribution >= 4 is 29.9 Å². The highest BCUT2D eigenvalue weighted by Gasteiger charge is 2.22. The molecule has 0 aromatic carbocycles. The van der Waals surface area contributed by atoms with E-state index in [1.54, 1.807) is 6.26 Å². The average Bonchev–Trinajstić information content (AvgIpc) is 3.21. The van der Waals surface area contributed by atoms with Crippen LogP contribution in [0.25, 0.3) is 0 Å². The molecule has 9 heteroatoms. The summed E-state index contributed by atoms with van der Waals surface area (Å²) in [5.41, 5.74) is 0.817. The number of halogens is 1. The minimum atomic E-state index is 0. The van der Waals surface area contributed by atoms with E-state index < -0.39 is 0 Å². The third-order valence-electron chi connectivity index (χ3n) is 3.79. The van der Waals surface area contributed by atoms with Gasteiger partial charge >= 0.3 is 0 Å². The lowest BCUT2D eigenvalue weighted by Gasteiger charge is -2.25. The van der Waals surface area contributed by atoms with Crippen LogP contribution >= 0.6 is 24.0 Å². The number of fused-ring (bicyclic) bond motifs is 1. The second-order valence-corrected chi connectivity index (χ2v) is 5.55. The molecule has 1 aliphatic heterocycles. The van der Waals surface area contributed by atoms with Gasteiger partial charge in [-0.2, -0.15) is 5.10 Å². The molecule has 3 rings (SSSR count). The molecule has 2 N–H and O–H groups in total. The monoisotopic (exact) mass is 445 g/mol. The third-order valence-corrected chi connectivity index (χ3v) is 3.79. The van der Waals surface area contributed by atoms with Crippen molar-refractivity contribution in [2.45, 2.75) is 52.2 Å². The second kappa shape index (κ2) is 9.00. The Hall–Kier alpha value is -1.65. The summed E-state index contributed by atoms with van der Waals surface area (Å²) in [5.74, 6) is 2.80. The highest BCUT2D eigenvalue weighted by molar-refractivity contribution is 14.0. The van der Waals surface area contributed by atoms with Gasteiger partial charge in [0.15, 0.2) is 11.8 Å². The molecule has 0 aliphatic carbocycles. The minimum Gasteiger partial charge on any atom is -0.364 e. The van der Waals surface area contributed by atoms with E-state index in [0.717, 1.165) is 55.7 Å². The predicted molar refractivity (Wildman–Crippen MR) is 101 cm³/mol. The van der Waals surface area contributed by atoms with Gasteiger partial charge in [0.2, 0.25) is 0 Å². The first-order chi connectivity index (χ1) is 11.3.